The molecule has 3 aliphatic rings. The first-order valence-electron chi connectivity index (χ1n) is 9.47. The SMILES string of the molecule is CCN(CC)C1=Cc2oc3c(OC)c(=O)c4ccccc4c-3nc2CC1C. The monoisotopic (exact) mass is 364 g/mol. The molecule has 5 nitrogen and oxygen atoms in total. The Hall–Kier alpha value is -2.82. The van der Waals surface area contributed by atoms with Gasteiger partial charge >= 0.3 is 0 Å². The van der Waals surface area contributed by atoms with Crippen LogP contribution in [0.15, 0.2) is 39.2 Å². The molecular formula is C22H24N2O3. The largest absolute Gasteiger partial charge is 0.490 e. The first-order valence-corrected chi connectivity index (χ1v) is 9.47. The van der Waals surface area contributed by atoms with Gasteiger partial charge in [0.1, 0.15) is 5.69 Å². The summed E-state index contributed by atoms with van der Waals surface area (Å²) < 4.78 is 11.6. The van der Waals surface area contributed by atoms with E-state index in [4.69, 9.17) is 14.1 Å². The Kier molecular flexibility index (Phi) is 4.38. The quantitative estimate of drug-likeness (QED) is 0.650. The summed E-state index contributed by atoms with van der Waals surface area (Å²) in [6.45, 7) is 8.42. The Morgan fingerprint density at radius 3 is 2.59 bits per heavy atom. The predicted octanol–water partition coefficient (Wildman–Crippen LogP) is 4.18. The first kappa shape index (κ1) is 17.6. The van der Waals surface area contributed by atoms with E-state index in [0.29, 0.717) is 22.8 Å². The average molecular weight is 364 g/mol. The van der Waals surface area contributed by atoms with E-state index in [1.165, 1.54) is 12.8 Å². The molecule has 0 amide bonds. The Morgan fingerprint density at radius 2 is 1.93 bits per heavy atom. The van der Waals surface area contributed by atoms with Crippen LogP contribution in [0.1, 0.15) is 32.2 Å². The number of hydrogen-bond acceptors (Lipinski definition) is 5. The van der Waals surface area contributed by atoms with Gasteiger partial charge in [0.05, 0.1) is 12.8 Å². The van der Waals surface area contributed by atoms with Crippen molar-refractivity contribution >= 4 is 16.8 Å². The number of rotatable bonds is 4. The lowest BCUT2D eigenvalue weighted by Crippen LogP contribution is -2.29. The highest BCUT2D eigenvalue weighted by molar-refractivity contribution is 5.97. The first-order chi connectivity index (χ1) is 13.1. The smallest absolute Gasteiger partial charge is 0.232 e. The Bertz CT molecular complexity index is 1060. The van der Waals surface area contributed by atoms with Crippen LogP contribution in [0, 0.1) is 5.92 Å². The summed E-state index contributed by atoms with van der Waals surface area (Å²) in [5.41, 5.74) is 2.70. The molecule has 0 saturated carbocycles. The topological polar surface area (TPSA) is 55.6 Å². The summed E-state index contributed by atoms with van der Waals surface area (Å²) >= 11 is 0. The summed E-state index contributed by atoms with van der Waals surface area (Å²) in [5, 5.41) is 1.41. The van der Waals surface area contributed by atoms with Gasteiger partial charge in [0.2, 0.25) is 11.2 Å². The minimum Gasteiger partial charge on any atom is -0.490 e. The lowest BCUT2D eigenvalue weighted by Gasteiger charge is -2.32. The van der Waals surface area contributed by atoms with Gasteiger partial charge in [-0.2, -0.15) is 0 Å². The van der Waals surface area contributed by atoms with Crippen LogP contribution in [-0.4, -0.2) is 30.1 Å². The van der Waals surface area contributed by atoms with Crippen molar-refractivity contribution in [2.24, 2.45) is 5.92 Å². The summed E-state index contributed by atoms with van der Waals surface area (Å²) in [5.74, 6) is 1.72. The number of ether oxygens (including phenoxy) is 1. The number of fused-ring (bicyclic) bond motifs is 4. The van der Waals surface area contributed by atoms with Crippen LogP contribution in [0.3, 0.4) is 0 Å². The Labute approximate surface area is 158 Å². The lowest BCUT2D eigenvalue weighted by molar-refractivity contribution is 0.331. The molecule has 1 aromatic rings. The number of allylic oxidation sites excluding steroid dienone is 1. The van der Waals surface area contributed by atoms with Gasteiger partial charge in [0, 0.05) is 48.0 Å². The predicted molar refractivity (Wildman–Crippen MR) is 107 cm³/mol. The lowest BCUT2D eigenvalue weighted by atomic mass is 9.93. The van der Waals surface area contributed by atoms with E-state index < -0.39 is 0 Å². The van der Waals surface area contributed by atoms with E-state index in [1.54, 1.807) is 0 Å². The molecule has 27 heavy (non-hydrogen) atoms. The zero-order chi connectivity index (χ0) is 19.1. The molecule has 0 saturated heterocycles. The molecule has 140 valence electrons. The summed E-state index contributed by atoms with van der Waals surface area (Å²) in [7, 11) is 1.50. The maximum Gasteiger partial charge on any atom is 0.232 e. The summed E-state index contributed by atoms with van der Waals surface area (Å²) in [4.78, 5) is 20.1. The molecule has 1 aliphatic heterocycles. The number of benzene rings is 2. The molecule has 0 bridgehead atoms. The van der Waals surface area contributed by atoms with Crippen LogP contribution >= 0.6 is 0 Å². The van der Waals surface area contributed by atoms with E-state index in [9.17, 15) is 4.79 Å². The second-order valence-corrected chi connectivity index (χ2v) is 6.96. The normalized spacial score (nSPS) is 16.3. The van der Waals surface area contributed by atoms with Crippen LogP contribution in [0.2, 0.25) is 0 Å². The number of aromatic nitrogens is 1. The molecule has 1 unspecified atom stereocenters. The van der Waals surface area contributed by atoms with Crippen molar-refractivity contribution in [1.29, 1.82) is 0 Å². The highest BCUT2D eigenvalue weighted by atomic mass is 16.5. The number of hydrogen-bond donors (Lipinski definition) is 0. The van der Waals surface area contributed by atoms with Gasteiger partial charge in [0.15, 0.2) is 11.5 Å². The summed E-state index contributed by atoms with van der Waals surface area (Å²) in [6, 6.07) is 7.49. The fraction of sp³-hybridized carbons (Fsp3) is 0.364. The molecule has 5 heteroatoms. The maximum atomic E-state index is 12.8. The van der Waals surface area contributed by atoms with Gasteiger partial charge in [-0.25, -0.2) is 4.98 Å². The molecule has 2 aliphatic carbocycles. The highest BCUT2D eigenvalue weighted by Crippen LogP contribution is 2.38. The minimum absolute atomic E-state index is 0.164. The highest BCUT2D eigenvalue weighted by Gasteiger charge is 2.28. The third-order valence-electron chi connectivity index (χ3n) is 5.41. The van der Waals surface area contributed by atoms with E-state index in [2.05, 4.69) is 31.7 Å². The van der Waals surface area contributed by atoms with Crippen LogP contribution in [0.25, 0.3) is 28.3 Å². The van der Waals surface area contributed by atoms with Crippen molar-refractivity contribution in [2.75, 3.05) is 20.2 Å². The van der Waals surface area contributed by atoms with Gasteiger partial charge in [-0.15, -0.1) is 0 Å². The standard InChI is InChI=1S/C22H24N2O3/c1-5-24(6-2)17-12-18-16(11-13(17)3)23-19-14-9-7-8-10-15(14)20(25)22(26-4)21(19)27-18/h7-10,12-13H,5-6,11H2,1-4H3. The number of methoxy groups -OCH3 is 1. The third-order valence-corrected chi connectivity index (χ3v) is 5.41. The van der Waals surface area contributed by atoms with Gasteiger partial charge < -0.3 is 14.1 Å². The number of nitrogens with zero attached hydrogens (tertiary/aromatic N) is 2. The van der Waals surface area contributed by atoms with Gasteiger partial charge in [-0.05, 0) is 13.8 Å². The fourth-order valence-electron chi connectivity index (χ4n) is 4.01. The molecule has 0 N–H and O–H groups in total. The molecule has 1 atom stereocenters. The fourth-order valence-corrected chi connectivity index (χ4v) is 4.01. The van der Waals surface area contributed by atoms with Crippen molar-refractivity contribution in [3.05, 3.63) is 51.6 Å². The molecular weight excluding hydrogens is 340 g/mol. The second kappa shape index (κ2) is 6.72. The molecule has 1 aromatic carbocycles. The van der Waals surface area contributed by atoms with Gasteiger partial charge in [0.25, 0.3) is 0 Å². The Balaban J connectivity index is 2.03. The van der Waals surface area contributed by atoms with Gasteiger partial charge in [-0.1, -0.05) is 31.2 Å². The van der Waals surface area contributed by atoms with Crippen molar-refractivity contribution in [3.8, 4) is 17.2 Å². The average Bonchev–Trinajstić information content (AvgIpc) is 2.69. The van der Waals surface area contributed by atoms with Crippen molar-refractivity contribution in [2.45, 2.75) is 27.2 Å². The van der Waals surface area contributed by atoms with Crippen molar-refractivity contribution in [3.63, 3.8) is 0 Å². The van der Waals surface area contributed by atoms with Crippen LogP contribution in [0.4, 0.5) is 0 Å². The molecule has 4 rings (SSSR count). The molecule has 0 aromatic heterocycles. The minimum atomic E-state index is -0.164. The van der Waals surface area contributed by atoms with Crippen molar-refractivity contribution < 1.29 is 9.15 Å². The van der Waals surface area contributed by atoms with Crippen LogP contribution < -0.4 is 10.2 Å². The zero-order valence-corrected chi connectivity index (χ0v) is 16.2. The van der Waals surface area contributed by atoms with Crippen molar-refractivity contribution in [1.82, 2.24) is 9.88 Å². The van der Waals surface area contributed by atoms with Crippen LogP contribution in [-0.2, 0) is 6.42 Å². The maximum absolute atomic E-state index is 12.8. The zero-order valence-electron chi connectivity index (χ0n) is 16.2. The third kappa shape index (κ3) is 2.69. The molecule has 0 radical (unpaired) electrons. The van der Waals surface area contributed by atoms with E-state index >= 15 is 0 Å². The second-order valence-electron chi connectivity index (χ2n) is 6.96. The van der Waals surface area contributed by atoms with E-state index in [-0.39, 0.29) is 11.2 Å². The van der Waals surface area contributed by atoms with E-state index in [1.807, 2.05) is 24.3 Å². The summed E-state index contributed by atoms with van der Waals surface area (Å²) in [6.07, 6.45) is 2.88. The van der Waals surface area contributed by atoms with E-state index in [0.717, 1.165) is 36.4 Å². The molecule has 0 spiro atoms. The molecule has 1 heterocycles. The Morgan fingerprint density at radius 1 is 1.22 bits per heavy atom. The van der Waals surface area contributed by atoms with Gasteiger partial charge in [-0.3, -0.25) is 4.79 Å². The van der Waals surface area contributed by atoms with Crippen LogP contribution in [0.5, 0.6) is 5.75 Å². The molecule has 0 fully saturated rings.